The molecule has 0 atom stereocenters. The lowest BCUT2D eigenvalue weighted by Gasteiger charge is -2.20. The minimum absolute atomic E-state index is 0.212. The summed E-state index contributed by atoms with van der Waals surface area (Å²) in [6, 6.07) is 1.98. The second kappa shape index (κ2) is 6.25. The van der Waals surface area contributed by atoms with Crippen molar-refractivity contribution in [3.63, 3.8) is 0 Å². The Morgan fingerprint density at radius 1 is 1.25 bits per heavy atom. The molecule has 1 heterocycles. The van der Waals surface area contributed by atoms with Gasteiger partial charge in [0.2, 0.25) is 0 Å². The number of hydrogen-bond donors (Lipinski definition) is 1. The monoisotopic (exact) mass is 279 g/mol. The summed E-state index contributed by atoms with van der Waals surface area (Å²) in [5.41, 5.74) is 1.40. The van der Waals surface area contributed by atoms with Gasteiger partial charge in [0.05, 0.1) is 8.67 Å². The molecule has 1 aromatic rings. The second-order valence-electron chi connectivity index (χ2n) is 4.98. The fraction of sp³-hybridized carbons (Fsp3) is 0.667. The van der Waals surface area contributed by atoms with Gasteiger partial charge in [-0.3, -0.25) is 0 Å². The highest BCUT2D eigenvalue weighted by Gasteiger charge is 2.08. The summed E-state index contributed by atoms with van der Waals surface area (Å²) in [7, 11) is 0. The van der Waals surface area contributed by atoms with Crippen LogP contribution in [0.2, 0.25) is 8.67 Å². The summed E-state index contributed by atoms with van der Waals surface area (Å²) in [5.74, 6) is 0. The zero-order valence-electron chi connectivity index (χ0n) is 10.1. The molecule has 0 saturated heterocycles. The molecule has 0 saturated carbocycles. The number of hydrogen-bond acceptors (Lipinski definition) is 2. The first-order valence-corrected chi connectivity index (χ1v) is 7.14. The van der Waals surface area contributed by atoms with Gasteiger partial charge in [-0.2, -0.15) is 0 Å². The third-order valence-corrected chi connectivity index (χ3v) is 3.82. The minimum Gasteiger partial charge on any atom is -0.312 e. The normalized spacial score (nSPS) is 12.1. The van der Waals surface area contributed by atoms with Crippen LogP contribution in [0.4, 0.5) is 0 Å². The fourth-order valence-electron chi connectivity index (χ4n) is 1.45. The van der Waals surface area contributed by atoms with Gasteiger partial charge in [-0.25, -0.2) is 0 Å². The lowest BCUT2D eigenvalue weighted by atomic mass is 10.1. The number of thiophene rings is 1. The van der Waals surface area contributed by atoms with Gasteiger partial charge >= 0.3 is 0 Å². The number of nitrogens with one attached hydrogen (secondary N) is 1. The van der Waals surface area contributed by atoms with Crippen LogP contribution in [0.25, 0.3) is 0 Å². The fourth-order valence-corrected chi connectivity index (χ4v) is 2.99. The maximum atomic E-state index is 6.05. The summed E-state index contributed by atoms with van der Waals surface area (Å²) in [5, 5.41) is 3.47. The molecule has 4 heteroatoms. The van der Waals surface area contributed by atoms with E-state index in [1.165, 1.54) is 23.3 Å². The Kier molecular flexibility index (Phi) is 5.58. The molecule has 0 aliphatic rings. The first-order chi connectivity index (χ1) is 7.38. The highest BCUT2D eigenvalue weighted by Crippen LogP contribution is 2.31. The number of aryl methyl sites for hydroxylation is 1. The molecule has 0 fully saturated rings. The Balaban J connectivity index is 2.19. The van der Waals surface area contributed by atoms with Gasteiger partial charge in [-0.05, 0) is 58.2 Å². The Morgan fingerprint density at radius 2 is 1.94 bits per heavy atom. The Morgan fingerprint density at radius 3 is 2.44 bits per heavy atom. The van der Waals surface area contributed by atoms with Crippen molar-refractivity contribution >= 4 is 34.5 Å². The Bertz CT molecular complexity index is 328. The van der Waals surface area contributed by atoms with Crippen molar-refractivity contribution in [3.05, 3.63) is 20.3 Å². The third-order valence-electron chi connectivity index (χ3n) is 2.26. The van der Waals surface area contributed by atoms with Crippen molar-refractivity contribution in [2.75, 3.05) is 6.54 Å². The summed E-state index contributed by atoms with van der Waals surface area (Å²) in [4.78, 5) is 0. The van der Waals surface area contributed by atoms with Crippen LogP contribution in [0, 0.1) is 0 Å². The van der Waals surface area contributed by atoms with Gasteiger partial charge in [0.1, 0.15) is 0 Å². The number of rotatable bonds is 5. The van der Waals surface area contributed by atoms with Crippen LogP contribution in [0.5, 0.6) is 0 Å². The molecular formula is C12H19Cl2NS. The van der Waals surface area contributed by atoms with Crippen molar-refractivity contribution in [1.82, 2.24) is 5.32 Å². The third kappa shape index (κ3) is 5.53. The molecule has 0 aliphatic heterocycles. The van der Waals surface area contributed by atoms with Gasteiger partial charge in [-0.1, -0.05) is 23.2 Å². The molecule has 1 rings (SSSR count). The van der Waals surface area contributed by atoms with E-state index >= 15 is 0 Å². The van der Waals surface area contributed by atoms with Crippen molar-refractivity contribution in [3.8, 4) is 0 Å². The van der Waals surface area contributed by atoms with E-state index in [1.54, 1.807) is 0 Å². The van der Waals surface area contributed by atoms with Gasteiger partial charge in [-0.15, -0.1) is 11.3 Å². The first-order valence-electron chi connectivity index (χ1n) is 5.57. The highest BCUT2D eigenvalue weighted by molar-refractivity contribution is 7.20. The lowest BCUT2D eigenvalue weighted by Crippen LogP contribution is -2.36. The van der Waals surface area contributed by atoms with Crippen molar-refractivity contribution in [1.29, 1.82) is 0 Å². The van der Waals surface area contributed by atoms with Crippen LogP contribution in [-0.2, 0) is 6.42 Å². The molecule has 0 radical (unpaired) electrons. The maximum absolute atomic E-state index is 6.05. The second-order valence-corrected chi connectivity index (χ2v) is 7.27. The van der Waals surface area contributed by atoms with Crippen LogP contribution < -0.4 is 5.32 Å². The molecule has 1 nitrogen and oxygen atoms in total. The van der Waals surface area contributed by atoms with E-state index in [9.17, 15) is 0 Å². The van der Waals surface area contributed by atoms with Gasteiger partial charge < -0.3 is 5.32 Å². The van der Waals surface area contributed by atoms with Crippen molar-refractivity contribution in [2.45, 2.75) is 45.6 Å². The number of halogens is 2. The zero-order valence-corrected chi connectivity index (χ0v) is 12.4. The summed E-state index contributed by atoms with van der Waals surface area (Å²) in [6.45, 7) is 7.60. The lowest BCUT2D eigenvalue weighted by molar-refractivity contribution is 0.419. The van der Waals surface area contributed by atoms with E-state index in [0.717, 1.165) is 28.1 Å². The van der Waals surface area contributed by atoms with Crippen molar-refractivity contribution < 1.29 is 0 Å². The van der Waals surface area contributed by atoms with E-state index < -0.39 is 0 Å². The Labute approximate surface area is 112 Å². The van der Waals surface area contributed by atoms with Crippen LogP contribution in [-0.4, -0.2) is 12.1 Å². The van der Waals surface area contributed by atoms with E-state index in [-0.39, 0.29) is 5.54 Å². The molecule has 0 bridgehead atoms. The molecule has 0 unspecified atom stereocenters. The van der Waals surface area contributed by atoms with Gasteiger partial charge in [0, 0.05) is 5.54 Å². The molecule has 0 aliphatic carbocycles. The minimum atomic E-state index is 0.212. The average Bonchev–Trinajstić information content (AvgIpc) is 2.42. The molecule has 1 aromatic heterocycles. The summed E-state index contributed by atoms with van der Waals surface area (Å²) < 4.78 is 1.63. The van der Waals surface area contributed by atoms with Crippen LogP contribution in [0.3, 0.4) is 0 Å². The van der Waals surface area contributed by atoms with E-state index in [0.29, 0.717) is 0 Å². The van der Waals surface area contributed by atoms with Crippen LogP contribution >= 0.6 is 34.5 Å². The average molecular weight is 280 g/mol. The predicted molar refractivity (Wildman–Crippen MR) is 75.0 cm³/mol. The summed E-state index contributed by atoms with van der Waals surface area (Å²) in [6.07, 6.45) is 3.34. The van der Waals surface area contributed by atoms with E-state index in [4.69, 9.17) is 23.2 Å². The molecule has 0 spiro atoms. The molecule has 0 aromatic carbocycles. The maximum Gasteiger partial charge on any atom is 0.0976 e. The highest BCUT2D eigenvalue weighted by atomic mass is 35.5. The standard InChI is InChI=1S/C12H19Cl2NS/c1-12(2,3)15-7-5-4-6-9-8-10(13)16-11(9)14/h8,15H,4-7H2,1-3H3. The predicted octanol–water partition coefficient (Wildman–Crippen LogP) is 4.77. The SMILES string of the molecule is CC(C)(C)NCCCCc1cc(Cl)sc1Cl. The molecule has 0 amide bonds. The largest absolute Gasteiger partial charge is 0.312 e. The zero-order chi connectivity index (χ0) is 12.2. The molecule has 16 heavy (non-hydrogen) atoms. The quantitative estimate of drug-likeness (QED) is 0.766. The van der Waals surface area contributed by atoms with Crippen LogP contribution in [0.1, 0.15) is 39.2 Å². The molecule has 92 valence electrons. The van der Waals surface area contributed by atoms with Gasteiger partial charge in [0.25, 0.3) is 0 Å². The number of unbranched alkanes of at least 4 members (excludes halogenated alkanes) is 1. The molecule has 1 N–H and O–H groups in total. The van der Waals surface area contributed by atoms with Gasteiger partial charge in [0.15, 0.2) is 0 Å². The van der Waals surface area contributed by atoms with Crippen LogP contribution in [0.15, 0.2) is 6.07 Å². The smallest absolute Gasteiger partial charge is 0.0976 e. The van der Waals surface area contributed by atoms with Crippen molar-refractivity contribution in [2.24, 2.45) is 0 Å². The van der Waals surface area contributed by atoms with E-state index in [2.05, 4.69) is 26.1 Å². The summed E-state index contributed by atoms with van der Waals surface area (Å²) >= 11 is 13.4. The topological polar surface area (TPSA) is 12.0 Å². The molecular weight excluding hydrogens is 261 g/mol. The van der Waals surface area contributed by atoms with E-state index in [1.807, 2.05) is 6.07 Å². The Hall–Kier alpha value is 0.240. The first kappa shape index (κ1) is 14.3.